The maximum atomic E-state index is 13.7. The fourth-order valence-corrected chi connectivity index (χ4v) is 3.67. The smallest absolute Gasteiger partial charge is 0.175 e. The molecule has 0 atom stereocenters. The van der Waals surface area contributed by atoms with Gasteiger partial charge in [0.25, 0.3) is 0 Å². The van der Waals surface area contributed by atoms with E-state index in [1.54, 1.807) is 6.07 Å². The molecule has 1 fully saturated rings. The van der Waals surface area contributed by atoms with Crippen LogP contribution >= 0.6 is 0 Å². The molecule has 1 saturated heterocycles. The van der Waals surface area contributed by atoms with Crippen LogP contribution in [0.15, 0.2) is 41.3 Å². The summed E-state index contributed by atoms with van der Waals surface area (Å²) in [4.78, 5) is 2.23. The van der Waals surface area contributed by atoms with Crippen LogP contribution in [-0.2, 0) is 9.84 Å². The number of benzene rings is 2. The van der Waals surface area contributed by atoms with Crippen molar-refractivity contribution in [2.24, 2.45) is 0 Å². The number of piperidine rings is 1. The molecule has 5 nitrogen and oxygen atoms in total. The third-order valence-corrected chi connectivity index (χ3v) is 5.51. The monoisotopic (exact) mass is 382 g/mol. The van der Waals surface area contributed by atoms with Crippen LogP contribution in [0.3, 0.4) is 0 Å². The summed E-state index contributed by atoms with van der Waals surface area (Å²) in [5.74, 6) is -1.31. The lowest BCUT2D eigenvalue weighted by Gasteiger charge is -2.34. The first-order chi connectivity index (χ1) is 12.2. The molecule has 1 aliphatic heterocycles. The summed E-state index contributed by atoms with van der Waals surface area (Å²) < 4.78 is 55.5. The van der Waals surface area contributed by atoms with E-state index in [9.17, 15) is 17.2 Å². The average molecular weight is 382 g/mol. The van der Waals surface area contributed by atoms with Crippen molar-refractivity contribution in [2.75, 3.05) is 30.0 Å². The standard InChI is InChI=1S/C18H20F2N2O3S/c1-26(23,24)14-3-4-17(16(21)11-14)22-8-6-13(7-9-22)25-18-5-2-12(19)10-15(18)20/h2-5,10-11,13H,6-9,21H2,1H3. The van der Waals surface area contributed by atoms with Crippen molar-refractivity contribution in [1.82, 2.24) is 0 Å². The van der Waals surface area contributed by atoms with Gasteiger partial charge in [-0.15, -0.1) is 0 Å². The molecule has 0 aromatic heterocycles. The van der Waals surface area contributed by atoms with Crippen molar-refractivity contribution in [2.45, 2.75) is 23.8 Å². The third-order valence-electron chi connectivity index (χ3n) is 4.40. The summed E-state index contributed by atoms with van der Waals surface area (Å²) in [5, 5.41) is 0. The lowest BCUT2D eigenvalue weighted by molar-refractivity contribution is 0.163. The number of halogens is 2. The Kier molecular flexibility index (Phi) is 5.04. The Morgan fingerprint density at radius 2 is 1.81 bits per heavy atom. The summed E-state index contributed by atoms with van der Waals surface area (Å²) in [6.07, 6.45) is 2.25. The molecule has 2 aromatic carbocycles. The molecule has 2 aromatic rings. The molecule has 0 aliphatic carbocycles. The van der Waals surface area contributed by atoms with Crippen LogP contribution in [0.1, 0.15) is 12.8 Å². The Hall–Kier alpha value is -2.35. The van der Waals surface area contributed by atoms with E-state index in [0.717, 1.165) is 24.1 Å². The maximum absolute atomic E-state index is 13.7. The fourth-order valence-electron chi connectivity index (χ4n) is 3.02. The van der Waals surface area contributed by atoms with E-state index in [1.165, 1.54) is 18.2 Å². The van der Waals surface area contributed by atoms with E-state index >= 15 is 0 Å². The van der Waals surface area contributed by atoms with Crippen molar-refractivity contribution in [1.29, 1.82) is 0 Å². The minimum Gasteiger partial charge on any atom is -0.487 e. The molecule has 0 bridgehead atoms. The van der Waals surface area contributed by atoms with Gasteiger partial charge in [0.15, 0.2) is 21.4 Å². The Morgan fingerprint density at radius 3 is 2.38 bits per heavy atom. The van der Waals surface area contributed by atoms with E-state index in [1.807, 2.05) is 4.90 Å². The topological polar surface area (TPSA) is 72.6 Å². The van der Waals surface area contributed by atoms with E-state index in [4.69, 9.17) is 10.5 Å². The molecule has 2 N–H and O–H groups in total. The van der Waals surface area contributed by atoms with Gasteiger partial charge in [-0.05, 0) is 30.3 Å². The molecule has 0 spiro atoms. The van der Waals surface area contributed by atoms with E-state index < -0.39 is 21.5 Å². The molecule has 8 heteroatoms. The van der Waals surface area contributed by atoms with Gasteiger partial charge in [0.1, 0.15) is 11.9 Å². The fraction of sp³-hybridized carbons (Fsp3) is 0.333. The zero-order chi connectivity index (χ0) is 18.9. The largest absolute Gasteiger partial charge is 0.487 e. The average Bonchev–Trinajstić information content (AvgIpc) is 2.57. The second-order valence-corrected chi connectivity index (χ2v) is 8.39. The molecule has 26 heavy (non-hydrogen) atoms. The predicted molar refractivity (Wildman–Crippen MR) is 96.2 cm³/mol. The minimum absolute atomic E-state index is 0.0434. The zero-order valence-electron chi connectivity index (χ0n) is 14.3. The number of anilines is 2. The Labute approximate surface area is 151 Å². The highest BCUT2D eigenvalue weighted by atomic mass is 32.2. The number of hydrogen-bond acceptors (Lipinski definition) is 5. The van der Waals surface area contributed by atoms with Crippen LogP contribution in [0.4, 0.5) is 20.2 Å². The Balaban J connectivity index is 1.65. The quantitative estimate of drug-likeness (QED) is 0.823. The van der Waals surface area contributed by atoms with Crippen LogP contribution in [0.5, 0.6) is 5.75 Å². The van der Waals surface area contributed by atoms with Gasteiger partial charge >= 0.3 is 0 Å². The van der Waals surface area contributed by atoms with Gasteiger partial charge < -0.3 is 15.4 Å². The van der Waals surface area contributed by atoms with Crippen molar-refractivity contribution in [3.05, 3.63) is 48.0 Å². The van der Waals surface area contributed by atoms with E-state index in [0.29, 0.717) is 31.6 Å². The maximum Gasteiger partial charge on any atom is 0.175 e. The summed E-state index contributed by atoms with van der Waals surface area (Å²) in [7, 11) is -3.30. The summed E-state index contributed by atoms with van der Waals surface area (Å²) in [5.41, 5.74) is 7.19. The number of nitrogens with zero attached hydrogens (tertiary/aromatic N) is 1. The number of rotatable bonds is 4. The van der Waals surface area contributed by atoms with Crippen LogP contribution in [0.2, 0.25) is 0 Å². The van der Waals surface area contributed by atoms with Crippen LogP contribution in [0.25, 0.3) is 0 Å². The summed E-state index contributed by atoms with van der Waals surface area (Å²) in [6.45, 7) is 1.27. The van der Waals surface area contributed by atoms with Crippen molar-refractivity contribution in [3.63, 3.8) is 0 Å². The lowest BCUT2D eigenvalue weighted by Crippen LogP contribution is -2.38. The molecule has 0 saturated carbocycles. The molecule has 1 heterocycles. The lowest BCUT2D eigenvalue weighted by atomic mass is 10.1. The predicted octanol–water partition coefficient (Wildman–Crippen LogP) is 3.00. The molecule has 1 aliphatic rings. The third kappa shape index (κ3) is 4.07. The molecular formula is C18H20F2N2O3S. The molecule has 0 radical (unpaired) electrons. The van der Waals surface area contributed by atoms with Crippen molar-refractivity contribution < 1.29 is 21.9 Å². The number of hydrogen-bond donors (Lipinski definition) is 1. The zero-order valence-corrected chi connectivity index (χ0v) is 15.1. The number of sulfone groups is 1. The molecule has 0 amide bonds. The second kappa shape index (κ2) is 7.11. The van der Waals surface area contributed by atoms with Gasteiger partial charge in [0.05, 0.1) is 16.3 Å². The van der Waals surface area contributed by atoms with Gasteiger partial charge in [0, 0.05) is 38.3 Å². The highest BCUT2D eigenvalue weighted by Gasteiger charge is 2.23. The molecule has 3 rings (SSSR count). The van der Waals surface area contributed by atoms with E-state index in [-0.39, 0.29) is 16.7 Å². The first-order valence-electron chi connectivity index (χ1n) is 8.20. The van der Waals surface area contributed by atoms with Gasteiger partial charge in [-0.2, -0.15) is 0 Å². The van der Waals surface area contributed by atoms with Crippen LogP contribution in [-0.4, -0.2) is 33.9 Å². The van der Waals surface area contributed by atoms with Crippen LogP contribution < -0.4 is 15.4 Å². The number of nitrogen functional groups attached to an aromatic ring is 1. The van der Waals surface area contributed by atoms with Crippen molar-refractivity contribution >= 4 is 21.2 Å². The molecular weight excluding hydrogens is 362 g/mol. The van der Waals surface area contributed by atoms with Gasteiger partial charge in [-0.25, -0.2) is 17.2 Å². The SMILES string of the molecule is CS(=O)(=O)c1ccc(N2CCC(Oc3ccc(F)cc3F)CC2)c(N)c1. The Bertz CT molecular complexity index is 911. The van der Waals surface area contributed by atoms with Gasteiger partial charge in [0.2, 0.25) is 0 Å². The van der Waals surface area contributed by atoms with E-state index in [2.05, 4.69) is 0 Å². The number of ether oxygens (including phenoxy) is 1. The van der Waals surface area contributed by atoms with Crippen molar-refractivity contribution in [3.8, 4) is 5.75 Å². The van der Waals surface area contributed by atoms with Gasteiger partial charge in [-0.3, -0.25) is 0 Å². The van der Waals surface area contributed by atoms with Gasteiger partial charge in [-0.1, -0.05) is 0 Å². The highest BCUT2D eigenvalue weighted by molar-refractivity contribution is 7.90. The first-order valence-corrected chi connectivity index (χ1v) is 10.1. The summed E-state index contributed by atoms with van der Waals surface area (Å²) in [6, 6.07) is 7.95. The number of nitrogens with two attached hydrogens (primary N) is 1. The summed E-state index contributed by atoms with van der Waals surface area (Å²) >= 11 is 0. The minimum atomic E-state index is -3.30. The van der Waals surface area contributed by atoms with Crippen LogP contribution in [0, 0.1) is 11.6 Å². The first kappa shape index (κ1) is 18.4. The normalized spacial score (nSPS) is 15.9. The second-order valence-electron chi connectivity index (χ2n) is 6.37. The highest BCUT2D eigenvalue weighted by Crippen LogP contribution is 2.30. The Morgan fingerprint density at radius 1 is 1.12 bits per heavy atom. The molecule has 140 valence electrons. The molecule has 0 unspecified atom stereocenters.